The Labute approximate surface area is 122 Å². The molecule has 0 aliphatic rings. The lowest BCUT2D eigenvalue weighted by Gasteiger charge is -2.06. The molecule has 2 aromatic rings. The summed E-state index contributed by atoms with van der Waals surface area (Å²) in [5.74, 6) is -1.06. The van der Waals surface area contributed by atoms with E-state index in [2.05, 4.69) is 35.3 Å². The minimum Gasteiger partial charge on any atom is -0.478 e. The minimum atomic E-state index is -3.86. The topological polar surface area (TPSA) is 122 Å². The van der Waals surface area contributed by atoms with E-state index < -0.39 is 16.0 Å². The van der Waals surface area contributed by atoms with Crippen LogP contribution in [0.2, 0.25) is 0 Å². The zero-order chi connectivity index (χ0) is 14.8. The summed E-state index contributed by atoms with van der Waals surface area (Å²) in [6, 6.07) is 3.70. The maximum atomic E-state index is 12.0. The Balaban J connectivity index is 2.25. The van der Waals surface area contributed by atoms with Gasteiger partial charge in [0.2, 0.25) is 16.4 Å². The third-order valence-electron chi connectivity index (χ3n) is 2.31. The first kappa shape index (κ1) is 14.6. The van der Waals surface area contributed by atoms with Gasteiger partial charge in [0.15, 0.2) is 5.82 Å². The number of hydrogen-bond donors (Lipinski definition) is 2. The van der Waals surface area contributed by atoms with Gasteiger partial charge in [0, 0.05) is 4.47 Å². The standard InChI is InChI=1S/C10H8BrN3O5S/c11-8-2-1-6(3-7(8)10(15)16)20(17,18)13-4-9-12-5-19-14-9/h1-3,5,13H,4H2,(H,15,16). The third kappa shape index (κ3) is 3.21. The van der Waals surface area contributed by atoms with E-state index in [0.29, 0.717) is 4.47 Å². The van der Waals surface area contributed by atoms with Gasteiger partial charge < -0.3 is 9.63 Å². The highest BCUT2D eigenvalue weighted by Gasteiger charge is 2.18. The van der Waals surface area contributed by atoms with E-state index in [4.69, 9.17) is 5.11 Å². The van der Waals surface area contributed by atoms with E-state index in [1.165, 1.54) is 12.1 Å². The lowest BCUT2D eigenvalue weighted by Crippen LogP contribution is -2.24. The maximum Gasteiger partial charge on any atom is 0.336 e. The molecule has 1 heterocycles. The normalized spacial score (nSPS) is 11.4. The van der Waals surface area contributed by atoms with Crippen LogP contribution in [0.4, 0.5) is 0 Å². The molecule has 0 saturated carbocycles. The molecule has 8 nitrogen and oxygen atoms in total. The monoisotopic (exact) mass is 361 g/mol. The predicted octanol–water partition coefficient (Wildman–Crippen LogP) is 1.01. The minimum absolute atomic E-state index is 0.146. The molecule has 0 radical (unpaired) electrons. The van der Waals surface area contributed by atoms with Crippen LogP contribution in [0, 0.1) is 0 Å². The number of rotatable bonds is 5. The van der Waals surface area contributed by atoms with Crippen molar-refractivity contribution in [3.63, 3.8) is 0 Å². The van der Waals surface area contributed by atoms with E-state index in [1.807, 2.05) is 0 Å². The number of aromatic carboxylic acids is 1. The number of carboxylic acid groups (broad SMARTS) is 1. The number of carbonyl (C=O) groups is 1. The van der Waals surface area contributed by atoms with Gasteiger partial charge in [0.25, 0.3) is 0 Å². The van der Waals surface area contributed by atoms with Crippen LogP contribution in [-0.2, 0) is 16.6 Å². The van der Waals surface area contributed by atoms with Crippen molar-refractivity contribution in [2.24, 2.45) is 0 Å². The molecule has 2 rings (SSSR count). The average molecular weight is 362 g/mol. The summed E-state index contributed by atoms with van der Waals surface area (Å²) in [5.41, 5.74) is -0.146. The van der Waals surface area contributed by atoms with Gasteiger partial charge in [-0.15, -0.1) is 0 Å². The molecule has 0 aliphatic carbocycles. The Morgan fingerprint density at radius 3 is 2.80 bits per heavy atom. The fraction of sp³-hybridized carbons (Fsp3) is 0.100. The zero-order valence-corrected chi connectivity index (χ0v) is 12.2. The summed E-state index contributed by atoms with van der Waals surface area (Å²) in [7, 11) is -3.86. The Morgan fingerprint density at radius 1 is 1.45 bits per heavy atom. The highest BCUT2D eigenvalue weighted by molar-refractivity contribution is 9.10. The SMILES string of the molecule is O=C(O)c1cc(S(=O)(=O)NCc2ncon2)ccc1Br. The highest BCUT2D eigenvalue weighted by Crippen LogP contribution is 2.21. The molecule has 0 saturated heterocycles. The summed E-state index contributed by atoms with van der Waals surface area (Å²) in [6.07, 6.45) is 1.08. The van der Waals surface area contributed by atoms with E-state index >= 15 is 0 Å². The summed E-state index contributed by atoms with van der Waals surface area (Å²) in [5, 5.41) is 12.4. The molecule has 0 unspecified atom stereocenters. The smallest absolute Gasteiger partial charge is 0.336 e. The molecule has 0 amide bonds. The second-order valence-corrected chi connectivity index (χ2v) is 6.24. The molecule has 1 aromatic heterocycles. The average Bonchev–Trinajstić information content (AvgIpc) is 2.89. The molecule has 0 fully saturated rings. The predicted molar refractivity (Wildman–Crippen MR) is 69.4 cm³/mol. The fourth-order valence-electron chi connectivity index (χ4n) is 1.35. The second kappa shape index (κ2) is 5.69. The van der Waals surface area contributed by atoms with Crippen molar-refractivity contribution in [3.8, 4) is 0 Å². The summed E-state index contributed by atoms with van der Waals surface area (Å²) in [6.45, 7) is -0.155. The van der Waals surface area contributed by atoms with Crippen LogP contribution in [0.15, 0.2) is 38.5 Å². The number of aromatic nitrogens is 2. The molecule has 106 valence electrons. The lowest BCUT2D eigenvalue weighted by atomic mass is 10.2. The molecule has 10 heteroatoms. The van der Waals surface area contributed by atoms with Gasteiger partial charge in [-0.05, 0) is 34.1 Å². The third-order valence-corrected chi connectivity index (χ3v) is 4.40. The van der Waals surface area contributed by atoms with E-state index in [-0.39, 0.29) is 22.8 Å². The number of halogens is 1. The zero-order valence-electron chi connectivity index (χ0n) is 9.78. The van der Waals surface area contributed by atoms with Crippen LogP contribution in [0.25, 0.3) is 0 Å². The van der Waals surface area contributed by atoms with Crippen LogP contribution in [0.1, 0.15) is 16.2 Å². The summed E-state index contributed by atoms with van der Waals surface area (Å²) < 4.78 is 31.0. The molecule has 2 N–H and O–H groups in total. The van der Waals surface area contributed by atoms with Crippen molar-refractivity contribution in [2.45, 2.75) is 11.4 Å². The Kier molecular flexibility index (Phi) is 4.16. The van der Waals surface area contributed by atoms with Crippen molar-refractivity contribution < 1.29 is 22.8 Å². The number of carboxylic acids is 1. The first-order valence-corrected chi connectivity index (χ1v) is 7.45. The van der Waals surface area contributed by atoms with Crippen LogP contribution < -0.4 is 4.72 Å². The Hall–Kier alpha value is -1.78. The van der Waals surface area contributed by atoms with E-state index in [0.717, 1.165) is 12.5 Å². The van der Waals surface area contributed by atoms with Gasteiger partial charge in [0.1, 0.15) is 0 Å². The molecule has 20 heavy (non-hydrogen) atoms. The maximum absolute atomic E-state index is 12.0. The van der Waals surface area contributed by atoms with Gasteiger partial charge in [0.05, 0.1) is 17.0 Å². The molecule has 0 aliphatic heterocycles. The van der Waals surface area contributed by atoms with Crippen LogP contribution >= 0.6 is 15.9 Å². The molecule has 0 atom stereocenters. The Bertz CT molecular complexity index is 729. The number of sulfonamides is 1. The Morgan fingerprint density at radius 2 is 2.20 bits per heavy atom. The highest BCUT2D eigenvalue weighted by atomic mass is 79.9. The van der Waals surface area contributed by atoms with Crippen molar-refractivity contribution >= 4 is 31.9 Å². The summed E-state index contributed by atoms with van der Waals surface area (Å²) >= 11 is 3.04. The van der Waals surface area contributed by atoms with Gasteiger partial charge in [-0.3, -0.25) is 0 Å². The van der Waals surface area contributed by atoms with Crippen molar-refractivity contribution in [2.75, 3.05) is 0 Å². The molecule has 0 spiro atoms. The molecule has 0 bridgehead atoms. The second-order valence-electron chi connectivity index (χ2n) is 3.62. The van der Waals surface area contributed by atoms with Crippen molar-refractivity contribution in [1.82, 2.24) is 14.9 Å². The first-order valence-electron chi connectivity index (χ1n) is 5.18. The van der Waals surface area contributed by atoms with Crippen molar-refractivity contribution in [1.29, 1.82) is 0 Å². The van der Waals surface area contributed by atoms with E-state index in [9.17, 15) is 13.2 Å². The van der Waals surface area contributed by atoms with Crippen LogP contribution in [0.5, 0.6) is 0 Å². The van der Waals surface area contributed by atoms with E-state index in [1.54, 1.807) is 0 Å². The quantitative estimate of drug-likeness (QED) is 0.814. The van der Waals surface area contributed by atoms with Gasteiger partial charge in [-0.2, -0.15) is 4.98 Å². The van der Waals surface area contributed by atoms with Gasteiger partial charge >= 0.3 is 5.97 Å². The number of nitrogens with one attached hydrogen (secondary N) is 1. The number of nitrogens with zero attached hydrogens (tertiary/aromatic N) is 2. The largest absolute Gasteiger partial charge is 0.478 e. The fourth-order valence-corrected chi connectivity index (χ4v) is 2.77. The van der Waals surface area contributed by atoms with Crippen LogP contribution in [0.3, 0.4) is 0 Å². The van der Waals surface area contributed by atoms with Gasteiger partial charge in [-0.1, -0.05) is 5.16 Å². The first-order chi connectivity index (χ1) is 9.40. The molecular formula is C10H8BrN3O5S. The number of hydrogen-bond acceptors (Lipinski definition) is 6. The van der Waals surface area contributed by atoms with Crippen LogP contribution in [-0.4, -0.2) is 29.6 Å². The molecule has 1 aromatic carbocycles. The number of benzene rings is 1. The molecular weight excluding hydrogens is 354 g/mol. The summed E-state index contributed by atoms with van der Waals surface area (Å²) in [4.78, 5) is 14.5. The van der Waals surface area contributed by atoms with Crippen molar-refractivity contribution in [3.05, 3.63) is 40.5 Å². The lowest BCUT2D eigenvalue weighted by molar-refractivity contribution is 0.0695. The van der Waals surface area contributed by atoms with Gasteiger partial charge in [-0.25, -0.2) is 17.9 Å².